The Kier molecular flexibility index (Phi) is 7.55. The van der Waals surface area contributed by atoms with E-state index in [2.05, 4.69) is 4.40 Å². The van der Waals surface area contributed by atoms with Crippen LogP contribution in [0.2, 0.25) is 0 Å². The normalized spacial score (nSPS) is 19.9. The van der Waals surface area contributed by atoms with Crippen molar-refractivity contribution < 1.29 is 18.4 Å². The van der Waals surface area contributed by atoms with E-state index in [-0.39, 0.29) is 11.9 Å². The Morgan fingerprint density at radius 1 is 1.48 bits per heavy atom. The third-order valence-electron chi connectivity index (χ3n) is 3.70. The van der Waals surface area contributed by atoms with Gasteiger partial charge < -0.3 is 14.0 Å². The van der Waals surface area contributed by atoms with Gasteiger partial charge >= 0.3 is 0 Å². The summed E-state index contributed by atoms with van der Waals surface area (Å²) in [6, 6.07) is 4.34. The highest BCUT2D eigenvalue weighted by Crippen LogP contribution is 2.27. The summed E-state index contributed by atoms with van der Waals surface area (Å²) in [5.41, 5.74) is 1.09. The Bertz CT molecular complexity index is 600. The van der Waals surface area contributed by atoms with E-state index in [0.29, 0.717) is 49.0 Å². The highest BCUT2D eigenvalue weighted by molar-refractivity contribution is 7.91. The highest BCUT2D eigenvalue weighted by Gasteiger charge is 2.28. The van der Waals surface area contributed by atoms with Crippen molar-refractivity contribution in [2.45, 2.75) is 50.9 Å². The Morgan fingerprint density at radius 3 is 2.84 bits per heavy atom. The molecule has 25 heavy (non-hydrogen) atoms. The molecule has 1 fully saturated rings. The minimum Gasteiger partial charge on any atom is -0.591 e. The quantitative estimate of drug-likeness (QED) is 0.397. The van der Waals surface area contributed by atoms with Gasteiger partial charge in [-0.25, -0.2) is 4.39 Å². The minimum atomic E-state index is -1.45. The molecule has 1 saturated heterocycles. The molecule has 1 aliphatic rings. The zero-order valence-electron chi connectivity index (χ0n) is 14.9. The van der Waals surface area contributed by atoms with E-state index in [0.717, 1.165) is 6.42 Å². The first-order valence-electron chi connectivity index (χ1n) is 8.41. The van der Waals surface area contributed by atoms with Crippen LogP contribution in [0.15, 0.2) is 22.6 Å². The maximum Gasteiger partial charge on any atom is 0.144 e. The molecule has 2 rings (SSSR count). The van der Waals surface area contributed by atoms with E-state index in [1.807, 2.05) is 20.8 Å². The van der Waals surface area contributed by atoms with Gasteiger partial charge in [0.15, 0.2) is 0 Å². The fraction of sp³-hybridized carbons (Fsp3) is 0.611. The van der Waals surface area contributed by atoms with E-state index in [1.54, 1.807) is 6.07 Å². The number of rotatable bonds is 7. The molecule has 1 aliphatic heterocycles. The van der Waals surface area contributed by atoms with Gasteiger partial charge in [0.05, 0.1) is 13.2 Å². The summed E-state index contributed by atoms with van der Waals surface area (Å²) in [5, 5.41) is 0. The predicted octanol–water partition coefficient (Wildman–Crippen LogP) is 4.26. The maximum atomic E-state index is 13.9. The van der Waals surface area contributed by atoms with Gasteiger partial charge in [-0.3, -0.25) is 0 Å². The molecule has 1 aromatic carbocycles. The molecule has 2 atom stereocenters. The predicted molar refractivity (Wildman–Crippen MR) is 101 cm³/mol. The van der Waals surface area contributed by atoms with Crippen LogP contribution in [0, 0.1) is 5.82 Å². The van der Waals surface area contributed by atoms with Crippen LogP contribution in [0.1, 0.15) is 45.6 Å². The summed E-state index contributed by atoms with van der Waals surface area (Å²) in [7, 11) is 0. The zero-order chi connectivity index (χ0) is 18.4. The van der Waals surface area contributed by atoms with Crippen LogP contribution in [0.3, 0.4) is 0 Å². The average Bonchev–Trinajstić information content (AvgIpc) is 3.05. The first kappa shape index (κ1) is 20.5. The second-order valence-electron chi connectivity index (χ2n) is 6.94. The number of ether oxygens (including phenoxy) is 2. The lowest BCUT2D eigenvalue weighted by Gasteiger charge is -2.21. The fourth-order valence-electron chi connectivity index (χ4n) is 2.32. The Hall–Kier alpha value is -0.820. The number of hydrogen-bond donors (Lipinski definition) is 0. The van der Waals surface area contributed by atoms with Gasteiger partial charge in [-0.1, -0.05) is 4.40 Å². The van der Waals surface area contributed by atoms with E-state index >= 15 is 0 Å². The molecular weight excluding hydrogens is 365 g/mol. The Morgan fingerprint density at radius 2 is 2.24 bits per heavy atom. The van der Waals surface area contributed by atoms with Crippen molar-refractivity contribution in [1.82, 2.24) is 0 Å². The fourth-order valence-corrected chi connectivity index (χ4v) is 3.11. The van der Waals surface area contributed by atoms with E-state index in [9.17, 15) is 8.94 Å². The maximum absolute atomic E-state index is 13.9. The lowest BCUT2D eigenvalue weighted by molar-refractivity contribution is 0.141. The summed E-state index contributed by atoms with van der Waals surface area (Å²) in [5.74, 6) is 0.602. The molecule has 0 amide bonds. The summed E-state index contributed by atoms with van der Waals surface area (Å²) < 4.78 is 41.6. The van der Waals surface area contributed by atoms with Gasteiger partial charge in [0.1, 0.15) is 39.5 Å². The molecule has 1 heterocycles. The first-order valence-corrected chi connectivity index (χ1v) is 10.0. The van der Waals surface area contributed by atoms with Crippen LogP contribution in [0.25, 0.3) is 0 Å². The SMILES string of the molecule is CC(C)(C)[S@+]([O-])/N=C(/CCCCl)c1cc(F)ccc1O[C@@H]1CCOC1. The minimum absolute atomic E-state index is 0.0633. The monoisotopic (exact) mass is 389 g/mol. The molecule has 0 saturated carbocycles. The molecule has 0 aromatic heterocycles. The van der Waals surface area contributed by atoms with Crippen LogP contribution in [-0.4, -0.2) is 40.2 Å². The van der Waals surface area contributed by atoms with Crippen LogP contribution < -0.4 is 4.74 Å². The van der Waals surface area contributed by atoms with Crippen molar-refractivity contribution >= 4 is 28.7 Å². The number of nitrogens with zero attached hydrogens (tertiary/aromatic N) is 1. The van der Waals surface area contributed by atoms with Gasteiger partial charge in [-0.15, -0.1) is 11.6 Å². The molecule has 140 valence electrons. The van der Waals surface area contributed by atoms with Gasteiger partial charge in [0, 0.05) is 17.9 Å². The van der Waals surface area contributed by atoms with Crippen LogP contribution in [0.4, 0.5) is 4.39 Å². The molecule has 0 N–H and O–H groups in total. The topological polar surface area (TPSA) is 53.9 Å². The number of hydrogen-bond acceptors (Lipinski definition) is 4. The molecule has 7 heteroatoms. The smallest absolute Gasteiger partial charge is 0.144 e. The third-order valence-corrected chi connectivity index (χ3v) is 5.40. The molecular formula is C18H25ClFNO3S. The van der Waals surface area contributed by atoms with Gasteiger partial charge in [-0.2, -0.15) is 0 Å². The van der Waals surface area contributed by atoms with E-state index in [1.165, 1.54) is 12.1 Å². The van der Waals surface area contributed by atoms with Gasteiger partial charge in [0.25, 0.3) is 0 Å². The van der Waals surface area contributed by atoms with Crippen molar-refractivity contribution in [2.24, 2.45) is 4.40 Å². The molecule has 0 unspecified atom stereocenters. The lowest BCUT2D eigenvalue weighted by Crippen LogP contribution is -2.27. The second kappa shape index (κ2) is 9.21. The Balaban J connectivity index is 2.36. The Labute approximate surface area is 157 Å². The average molecular weight is 390 g/mol. The van der Waals surface area contributed by atoms with E-state index < -0.39 is 16.1 Å². The first-order chi connectivity index (χ1) is 11.8. The summed E-state index contributed by atoms with van der Waals surface area (Å²) in [6.07, 6.45) is 1.89. The summed E-state index contributed by atoms with van der Waals surface area (Å²) in [6.45, 7) is 6.72. The van der Waals surface area contributed by atoms with Crippen molar-refractivity contribution in [1.29, 1.82) is 0 Å². The number of halogens is 2. The van der Waals surface area contributed by atoms with Crippen molar-refractivity contribution in [3.8, 4) is 5.75 Å². The molecule has 1 aromatic rings. The lowest BCUT2D eigenvalue weighted by atomic mass is 10.0. The van der Waals surface area contributed by atoms with Crippen LogP contribution in [0.5, 0.6) is 5.75 Å². The van der Waals surface area contributed by atoms with Crippen molar-refractivity contribution in [3.05, 3.63) is 29.6 Å². The highest BCUT2D eigenvalue weighted by atomic mass is 35.5. The molecule has 4 nitrogen and oxygen atoms in total. The number of alkyl halides is 1. The van der Waals surface area contributed by atoms with Crippen LogP contribution >= 0.6 is 11.6 Å². The summed E-state index contributed by atoms with van der Waals surface area (Å²) in [4.78, 5) is 0. The van der Waals surface area contributed by atoms with Gasteiger partial charge in [-0.05, 0) is 51.8 Å². The third kappa shape index (κ3) is 6.13. The molecule has 0 radical (unpaired) electrons. The second-order valence-corrected chi connectivity index (χ2v) is 9.22. The standard InChI is InChI=1S/C18H25ClFNO3S/c1-18(2,3)25(22)21-16(5-4-9-19)15-11-13(20)6-7-17(15)24-14-8-10-23-12-14/h6-7,11,14H,4-5,8-10,12H2,1-3H3/b21-16-/t14-,25+/m1/s1. The zero-order valence-corrected chi connectivity index (χ0v) is 16.5. The van der Waals surface area contributed by atoms with E-state index in [4.69, 9.17) is 21.1 Å². The van der Waals surface area contributed by atoms with Crippen molar-refractivity contribution in [3.63, 3.8) is 0 Å². The largest absolute Gasteiger partial charge is 0.591 e. The molecule has 0 aliphatic carbocycles. The van der Waals surface area contributed by atoms with Crippen molar-refractivity contribution in [2.75, 3.05) is 19.1 Å². The summed E-state index contributed by atoms with van der Waals surface area (Å²) >= 11 is 4.37. The van der Waals surface area contributed by atoms with Crippen LogP contribution in [-0.2, 0) is 16.1 Å². The molecule has 0 spiro atoms. The van der Waals surface area contributed by atoms with Gasteiger partial charge in [0.2, 0.25) is 0 Å². The number of benzene rings is 1. The molecule has 0 bridgehead atoms.